The van der Waals surface area contributed by atoms with Crippen molar-refractivity contribution in [3.8, 4) is 0 Å². The Labute approximate surface area is 183 Å². The van der Waals surface area contributed by atoms with Crippen LogP contribution < -0.4 is 0 Å². The van der Waals surface area contributed by atoms with Crippen LogP contribution in [0.5, 0.6) is 0 Å². The Morgan fingerprint density at radius 3 is 1.23 bits per heavy atom. The standard InChI is InChI=1S/C21H44O8S/c1-2-3-4-5-6-7-8-9-10-11-12-13-25-14-15-26-16-17-27-18-19-28-20-21-29-30(22,23)24/h2-21H2,1H3,(H,22,23,24)/p-1. The molecule has 9 heteroatoms. The number of hydrogen-bond donors (Lipinski definition) is 0. The van der Waals surface area contributed by atoms with Crippen molar-refractivity contribution in [3.05, 3.63) is 0 Å². The second kappa shape index (κ2) is 23.4. The van der Waals surface area contributed by atoms with Gasteiger partial charge in [0.15, 0.2) is 0 Å². The highest BCUT2D eigenvalue weighted by atomic mass is 32.3. The van der Waals surface area contributed by atoms with E-state index in [-0.39, 0.29) is 13.2 Å². The number of ether oxygens (including phenoxy) is 4. The van der Waals surface area contributed by atoms with Gasteiger partial charge < -0.3 is 23.5 Å². The summed E-state index contributed by atoms with van der Waals surface area (Å²) in [7, 11) is -4.64. The molecule has 0 spiro atoms. The molecule has 0 bridgehead atoms. The van der Waals surface area contributed by atoms with Crippen molar-refractivity contribution in [2.75, 3.05) is 59.5 Å². The van der Waals surface area contributed by atoms with Crippen molar-refractivity contribution in [2.45, 2.75) is 77.6 Å². The molecule has 0 aromatic carbocycles. The third-order valence-electron chi connectivity index (χ3n) is 4.46. The molecule has 0 N–H and O–H groups in total. The molecule has 0 heterocycles. The molecule has 0 aliphatic carbocycles. The highest BCUT2D eigenvalue weighted by molar-refractivity contribution is 7.80. The van der Waals surface area contributed by atoms with Gasteiger partial charge in [-0.25, -0.2) is 8.42 Å². The maximum Gasteiger partial charge on any atom is 0.217 e. The maximum absolute atomic E-state index is 10.2. The predicted molar refractivity (Wildman–Crippen MR) is 115 cm³/mol. The second-order valence-corrected chi connectivity index (χ2v) is 8.27. The van der Waals surface area contributed by atoms with Crippen LogP contribution in [0.3, 0.4) is 0 Å². The van der Waals surface area contributed by atoms with E-state index in [0.29, 0.717) is 39.6 Å². The highest BCUT2D eigenvalue weighted by Gasteiger charge is 1.96. The molecule has 0 aromatic rings. The van der Waals surface area contributed by atoms with Crippen molar-refractivity contribution in [3.63, 3.8) is 0 Å². The third kappa shape index (κ3) is 27.7. The van der Waals surface area contributed by atoms with Crippen molar-refractivity contribution in [1.29, 1.82) is 0 Å². The van der Waals surface area contributed by atoms with E-state index in [1.807, 2.05) is 0 Å². The van der Waals surface area contributed by atoms with E-state index >= 15 is 0 Å². The average Bonchev–Trinajstić information content (AvgIpc) is 2.70. The number of rotatable bonds is 25. The normalized spacial score (nSPS) is 11.9. The fourth-order valence-corrected chi connectivity index (χ4v) is 3.10. The zero-order valence-electron chi connectivity index (χ0n) is 18.8. The molecule has 0 rings (SSSR count). The zero-order valence-corrected chi connectivity index (χ0v) is 19.6. The molecule has 0 atom stereocenters. The van der Waals surface area contributed by atoms with Gasteiger partial charge in [0.2, 0.25) is 10.4 Å². The molecular weight excluding hydrogens is 412 g/mol. The van der Waals surface area contributed by atoms with Crippen LogP contribution in [0.4, 0.5) is 0 Å². The van der Waals surface area contributed by atoms with Gasteiger partial charge in [0.25, 0.3) is 0 Å². The molecule has 0 aliphatic rings. The lowest BCUT2D eigenvalue weighted by Gasteiger charge is -2.09. The Kier molecular flexibility index (Phi) is 23.1. The summed E-state index contributed by atoms with van der Waals surface area (Å²) >= 11 is 0. The summed E-state index contributed by atoms with van der Waals surface area (Å²) in [6.07, 6.45) is 14.7. The molecule has 0 unspecified atom stereocenters. The maximum atomic E-state index is 10.2. The monoisotopic (exact) mass is 455 g/mol. The molecule has 8 nitrogen and oxygen atoms in total. The van der Waals surface area contributed by atoms with Crippen LogP contribution in [0, 0.1) is 0 Å². The van der Waals surface area contributed by atoms with Crippen LogP contribution in [0.25, 0.3) is 0 Å². The van der Waals surface area contributed by atoms with E-state index in [9.17, 15) is 13.0 Å². The summed E-state index contributed by atoms with van der Waals surface area (Å²) < 4.78 is 55.8. The Hall–Kier alpha value is -0.290. The summed E-state index contributed by atoms with van der Waals surface area (Å²) in [4.78, 5) is 0. The summed E-state index contributed by atoms with van der Waals surface area (Å²) in [6, 6.07) is 0. The second-order valence-electron chi connectivity index (χ2n) is 7.22. The highest BCUT2D eigenvalue weighted by Crippen LogP contribution is 2.11. The van der Waals surface area contributed by atoms with E-state index in [0.717, 1.165) is 13.0 Å². The quantitative estimate of drug-likeness (QED) is 0.116. The molecule has 0 amide bonds. The third-order valence-corrected chi connectivity index (χ3v) is 4.92. The first kappa shape index (κ1) is 29.7. The van der Waals surface area contributed by atoms with Gasteiger partial charge in [-0.15, -0.1) is 0 Å². The van der Waals surface area contributed by atoms with Gasteiger partial charge in [-0.05, 0) is 6.42 Å². The van der Waals surface area contributed by atoms with E-state index in [2.05, 4.69) is 11.1 Å². The van der Waals surface area contributed by atoms with Gasteiger partial charge in [-0.1, -0.05) is 71.1 Å². The van der Waals surface area contributed by atoms with Gasteiger partial charge in [0, 0.05) is 6.61 Å². The van der Waals surface area contributed by atoms with Gasteiger partial charge in [-0.3, -0.25) is 4.18 Å². The Morgan fingerprint density at radius 1 is 0.500 bits per heavy atom. The smallest absolute Gasteiger partial charge is 0.217 e. The lowest BCUT2D eigenvalue weighted by molar-refractivity contribution is -0.00502. The van der Waals surface area contributed by atoms with E-state index < -0.39 is 10.4 Å². The molecule has 30 heavy (non-hydrogen) atoms. The SMILES string of the molecule is CCCCCCCCCCCCCOCCOCCOCCOCCOS(=O)(=O)[O-]. The fraction of sp³-hybridized carbons (Fsp3) is 1.00. The molecular formula is C21H43O8S-. The van der Waals surface area contributed by atoms with Gasteiger partial charge in [0.05, 0.1) is 52.9 Å². The summed E-state index contributed by atoms with van der Waals surface area (Å²) in [6.45, 7) is 5.55. The van der Waals surface area contributed by atoms with Crippen LogP contribution in [-0.2, 0) is 33.5 Å². The fourth-order valence-electron chi connectivity index (χ4n) is 2.83. The molecule has 182 valence electrons. The van der Waals surface area contributed by atoms with Gasteiger partial charge in [-0.2, -0.15) is 0 Å². The summed E-state index contributed by atoms with van der Waals surface area (Å²) in [5.74, 6) is 0. The Bertz CT molecular complexity index is 431. The van der Waals surface area contributed by atoms with Crippen LogP contribution in [0.1, 0.15) is 77.6 Å². The molecule has 0 aromatic heterocycles. The average molecular weight is 456 g/mol. The van der Waals surface area contributed by atoms with E-state index in [1.165, 1.54) is 64.2 Å². The van der Waals surface area contributed by atoms with E-state index in [4.69, 9.17) is 18.9 Å². The lowest BCUT2D eigenvalue weighted by atomic mass is 10.1. The van der Waals surface area contributed by atoms with Gasteiger partial charge >= 0.3 is 0 Å². The van der Waals surface area contributed by atoms with Crippen molar-refractivity contribution < 1.29 is 36.1 Å². The minimum atomic E-state index is -4.64. The lowest BCUT2D eigenvalue weighted by Crippen LogP contribution is -2.14. The minimum Gasteiger partial charge on any atom is -0.726 e. The largest absolute Gasteiger partial charge is 0.726 e. The summed E-state index contributed by atoms with van der Waals surface area (Å²) in [5.41, 5.74) is 0. The first-order chi connectivity index (χ1) is 14.6. The van der Waals surface area contributed by atoms with Crippen molar-refractivity contribution in [1.82, 2.24) is 0 Å². The first-order valence-electron chi connectivity index (χ1n) is 11.5. The van der Waals surface area contributed by atoms with Crippen molar-refractivity contribution >= 4 is 10.4 Å². The molecule has 0 fully saturated rings. The Balaban J connectivity index is 3.03. The summed E-state index contributed by atoms with van der Waals surface area (Å²) in [5, 5.41) is 0. The van der Waals surface area contributed by atoms with Crippen LogP contribution in [-0.4, -0.2) is 72.4 Å². The molecule has 0 radical (unpaired) electrons. The number of unbranched alkanes of at least 4 members (excludes halogenated alkanes) is 10. The minimum absolute atomic E-state index is 0.0256. The van der Waals surface area contributed by atoms with Crippen LogP contribution in [0.2, 0.25) is 0 Å². The van der Waals surface area contributed by atoms with Crippen LogP contribution >= 0.6 is 0 Å². The predicted octanol–water partition coefficient (Wildman–Crippen LogP) is 3.84. The van der Waals surface area contributed by atoms with Crippen molar-refractivity contribution in [2.24, 2.45) is 0 Å². The Morgan fingerprint density at radius 2 is 0.833 bits per heavy atom. The zero-order chi connectivity index (χ0) is 22.2. The topological polar surface area (TPSA) is 103 Å². The number of hydrogen-bond acceptors (Lipinski definition) is 8. The van der Waals surface area contributed by atoms with E-state index in [1.54, 1.807) is 0 Å². The van der Waals surface area contributed by atoms with Gasteiger partial charge in [0.1, 0.15) is 0 Å². The van der Waals surface area contributed by atoms with Crippen LogP contribution in [0.15, 0.2) is 0 Å². The molecule has 0 aliphatic heterocycles. The first-order valence-corrected chi connectivity index (χ1v) is 12.8. The molecule has 0 saturated carbocycles. The molecule has 0 saturated heterocycles.